The molecule has 312 valence electrons. The second kappa shape index (κ2) is 15.2. The summed E-state index contributed by atoms with van der Waals surface area (Å²) in [5.41, 5.74) is 19.7. The Labute approximate surface area is 385 Å². The van der Waals surface area contributed by atoms with Crippen molar-refractivity contribution in [3.05, 3.63) is 299 Å². The number of anilines is 2. The van der Waals surface area contributed by atoms with Crippen molar-refractivity contribution in [1.29, 1.82) is 0 Å². The minimum atomic E-state index is -0.503. The van der Waals surface area contributed by atoms with Gasteiger partial charge in [-0.05, 0) is 104 Å². The molecule has 0 saturated carbocycles. The predicted octanol–water partition coefficient (Wildman–Crippen LogP) is 15.8. The SMILES string of the molecule is c1ccc(N(Cc2cccc3c2-c2ccccc2C3(c2ccccc2)c2ccccc2)c2ccc3c(oc4ccccc43)c2CC2(c3ccccc3)c3ccccc3-c3ccccc32)cc1. The average Bonchev–Trinajstić information content (AvgIpc) is 4.03. The Bertz CT molecular complexity index is 3510. The topological polar surface area (TPSA) is 16.4 Å². The van der Waals surface area contributed by atoms with Crippen LogP contribution in [0.4, 0.5) is 11.4 Å². The van der Waals surface area contributed by atoms with Crippen LogP contribution in [0.2, 0.25) is 0 Å². The van der Waals surface area contributed by atoms with Crippen LogP contribution in [0.3, 0.4) is 0 Å². The number of fused-ring (bicyclic) bond motifs is 9. The Morgan fingerprint density at radius 2 is 0.894 bits per heavy atom. The molecular formula is C64H45NO. The van der Waals surface area contributed by atoms with E-state index in [0.717, 1.165) is 33.3 Å². The van der Waals surface area contributed by atoms with Crippen molar-refractivity contribution < 1.29 is 4.42 Å². The number of hydrogen-bond acceptors (Lipinski definition) is 2. The zero-order chi connectivity index (χ0) is 43.7. The number of nitrogens with zero attached hydrogens (tertiary/aromatic N) is 1. The lowest BCUT2D eigenvalue weighted by atomic mass is 9.67. The Balaban J connectivity index is 1.08. The minimum Gasteiger partial charge on any atom is -0.456 e. The van der Waals surface area contributed by atoms with E-state index in [4.69, 9.17) is 4.42 Å². The number of hydrogen-bond donors (Lipinski definition) is 0. The fourth-order valence-electron chi connectivity index (χ4n) is 12.0. The van der Waals surface area contributed by atoms with Gasteiger partial charge in [-0.3, -0.25) is 0 Å². The summed E-state index contributed by atoms with van der Waals surface area (Å²) in [5, 5.41) is 2.26. The van der Waals surface area contributed by atoms with Gasteiger partial charge in [-0.2, -0.15) is 0 Å². The molecule has 2 aliphatic rings. The van der Waals surface area contributed by atoms with E-state index in [1.165, 1.54) is 72.3 Å². The molecule has 1 heterocycles. The lowest BCUT2D eigenvalue weighted by Crippen LogP contribution is -2.31. The second-order valence-electron chi connectivity index (χ2n) is 17.9. The maximum absolute atomic E-state index is 7.15. The van der Waals surface area contributed by atoms with E-state index < -0.39 is 10.8 Å². The van der Waals surface area contributed by atoms with E-state index in [-0.39, 0.29) is 0 Å². The first-order chi connectivity index (χ1) is 32.7. The molecule has 0 aliphatic heterocycles. The maximum Gasteiger partial charge on any atom is 0.140 e. The number of para-hydroxylation sites is 2. The van der Waals surface area contributed by atoms with Crippen LogP contribution in [-0.4, -0.2) is 0 Å². The summed E-state index contributed by atoms with van der Waals surface area (Å²) in [7, 11) is 0. The van der Waals surface area contributed by atoms with E-state index in [1.54, 1.807) is 0 Å². The van der Waals surface area contributed by atoms with Crippen LogP contribution in [0.5, 0.6) is 0 Å². The summed E-state index contributed by atoms with van der Waals surface area (Å²) < 4.78 is 7.15. The maximum atomic E-state index is 7.15. The number of rotatable bonds is 9. The molecular weight excluding hydrogens is 799 g/mol. The average molecular weight is 844 g/mol. The Morgan fingerprint density at radius 3 is 1.55 bits per heavy atom. The van der Waals surface area contributed by atoms with Crippen LogP contribution in [0.15, 0.2) is 253 Å². The zero-order valence-electron chi connectivity index (χ0n) is 36.4. The highest BCUT2D eigenvalue weighted by atomic mass is 16.3. The summed E-state index contributed by atoms with van der Waals surface area (Å²) in [4.78, 5) is 2.55. The zero-order valence-corrected chi connectivity index (χ0v) is 36.4. The third kappa shape index (κ3) is 5.55. The van der Waals surface area contributed by atoms with Crippen molar-refractivity contribution in [1.82, 2.24) is 0 Å². The molecule has 2 heteroatoms. The van der Waals surface area contributed by atoms with Gasteiger partial charge >= 0.3 is 0 Å². The van der Waals surface area contributed by atoms with Crippen LogP contribution in [0, 0.1) is 0 Å². The van der Waals surface area contributed by atoms with Crippen molar-refractivity contribution in [3.8, 4) is 22.3 Å². The van der Waals surface area contributed by atoms with Crippen LogP contribution in [-0.2, 0) is 23.8 Å². The van der Waals surface area contributed by atoms with E-state index in [9.17, 15) is 0 Å². The van der Waals surface area contributed by atoms with E-state index in [0.29, 0.717) is 13.0 Å². The monoisotopic (exact) mass is 843 g/mol. The first-order valence-corrected chi connectivity index (χ1v) is 23.1. The molecule has 0 saturated heterocycles. The highest BCUT2D eigenvalue weighted by Crippen LogP contribution is 2.59. The third-order valence-corrected chi connectivity index (χ3v) is 14.7. The second-order valence-corrected chi connectivity index (χ2v) is 17.9. The fourth-order valence-corrected chi connectivity index (χ4v) is 12.0. The van der Waals surface area contributed by atoms with Gasteiger partial charge in [0.25, 0.3) is 0 Å². The molecule has 0 unspecified atom stereocenters. The lowest BCUT2D eigenvalue weighted by molar-refractivity contribution is 0.612. The molecule has 0 atom stereocenters. The molecule has 0 fully saturated rings. The molecule has 10 aromatic carbocycles. The molecule has 0 spiro atoms. The predicted molar refractivity (Wildman–Crippen MR) is 272 cm³/mol. The van der Waals surface area contributed by atoms with Gasteiger partial charge in [-0.1, -0.05) is 218 Å². The first kappa shape index (κ1) is 38.3. The molecule has 66 heavy (non-hydrogen) atoms. The third-order valence-electron chi connectivity index (χ3n) is 14.7. The molecule has 2 nitrogen and oxygen atoms in total. The van der Waals surface area contributed by atoms with Gasteiger partial charge in [0.1, 0.15) is 11.2 Å². The van der Waals surface area contributed by atoms with Crippen molar-refractivity contribution in [2.24, 2.45) is 0 Å². The summed E-state index contributed by atoms with van der Waals surface area (Å²) in [6, 6.07) is 91.7. The molecule has 0 radical (unpaired) electrons. The van der Waals surface area contributed by atoms with Gasteiger partial charge in [0.15, 0.2) is 0 Å². The van der Waals surface area contributed by atoms with Crippen LogP contribution in [0.1, 0.15) is 50.1 Å². The van der Waals surface area contributed by atoms with Crippen molar-refractivity contribution in [2.75, 3.05) is 4.90 Å². The van der Waals surface area contributed by atoms with Gasteiger partial charge < -0.3 is 9.32 Å². The van der Waals surface area contributed by atoms with E-state index >= 15 is 0 Å². The van der Waals surface area contributed by atoms with Crippen molar-refractivity contribution in [3.63, 3.8) is 0 Å². The van der Waals surface area contributed by atoms with Gasteiger partial charge in [0, 0.05) is 34.3 Å². The molecule has 0 N–H and O–H groups in total. The molecule has 11 aromatic rings. The Morgan fingerprint density at radius 1 is 0.379 bits per heavy atom. The standard InChI is InChI=1S/C64H45NO/c1-5-23-45(24-6-1)63(55-35-17-13-31-49(55)50-32-14-18-36-56(50)63)42-54-59(41-40-52-51-33-16-20-39-60(51)66-62(52)54)65(48-29-11-4-12-30-48)43-44-22-21-38-58-61(44)53-34-15-19-37-57(53)64(58,46-25-7-2-8-26-46)47-27-9-3-10-28-47/h1-41H,42-43H2. The van der Waals surface area contributed by atoms with Crippen molar-refractivity contribution in [2.45, 2.75) is 23.8 Å². The normalized spacial score (nSPS) is 13.8. The highest BCUT2D eigenvalue weighted by Gasteiger charge is 2.48. The summed E-state index contributed by atoms with van der Waals surface area (Å²) >= 11 is 0. The Kier molecular flexibility index (Phi) is 8.83. The molecule has 0 amide bonds. The lowest BCUT2D eigenvalue weighted by Gasteiger charge is -2.36. The summed E-state index contributed by atoms with van der Waals surface area (Å²) in [6.45, 7) is 0.630. The Hall–Kier alpha value is -8.20. The molecule has 0 bridgehead atoms. The van der Waals surface area contributed by atoms with Gasteiger partial charge in [-0.15, -0.1) is 0 Å². The van der Waals surface area contributed by atoms with Gasteiger partial charge in [-0.25, -0.2) is 0 Å². The van der Waals surface area contributed by atoms with Gasteiger partial charge in [0.2, 0.25) is 0 Å². The number of benzene rings is 10. The minimum absolute atomic E-state index is 0.494. The highest BCUT2D eigenvalue weighted by molar-refractivity contribution is 6.07. The summed E-state index contributed by atoms with van der Waals surface area (Å²) in [5.74, 6) is 0. The molecule has 2 aliphatic carbocycles. The fraction of sp³-hybridized carbons (Fsp3) is 0.0625. The van der Waals surface area contributed by atoms with E-state index in [2.05, 4.69) is 254 Å². The van der Waals surface area contributed by atoms with Gasteiger partial charge in [0.05, 0.1) is 10.8 Å². The van der Waals surface area contributed by atoms with E-state index in [1.807, 2.05) is 0 Å². The molecule has 1 aromatic heterocycles. The van der Waals surface area contributed by atoms with Crippen LogP contribution in [0.25, 0.3) is 44.2 Å². The number of furan rings is 1. The quantitative estimate of drug-likeness (QED) is 0.144. The van der Waals surface area contributed by atoms with Crippen LogP contribution < -0.4 is 4.90 Å². The smallest absolute Gasteiger partial charge is 0.140 e. The molecule has 13 rings (SSSR count). The summed E-state index contributed by atoms with van der Waals surface area (Å²) in [6.07, 6.45) is 0.682. The van der Waals surface area contributed by atoms with Crippen molar-refractivity contribution >= 4 is 33.3 Å². The first-order valence-electron chi connectivity index (χ1n) is 23.1. The largest absolute Gasteiger partial charge is 0.456 e. The van der Waals surface area contributed by atoms with Crippen LogP contribution >= 0.6 is 0 Å².